The van der Waals surface area contributed by atoms with Crippen molar-refractivity contribution in [2.24, 2.45) is 0 Å². The lowest BCUT2D eigenvalue weighted by atomic mass is 10.2. The van der Waals surface area contributed by atoms with Crippen LogP contribution in [0, 0.1) is 0 Å². The first-order valence-electron chi connectivity index (χ1n) is 5.09. The van der Waals surface area contributed by atoms with Gasteiger partial charge in [0.15, 0.2) is 13.8 Å². The van der Waals surface area contributed by atoms with Crippen molar-refractivity contribution in [1.29, 1.82) is 0 Å². The second kappa shape index (κ2) is 4.48. The molecule has 15 heavy (non-hydrogen) atoms. The van der Waals surface area contributed by atoms with Gasteiger partial charge in [-0.2, -0.15) is 4.98 Å². The summed E-state index contributed by atoms with van der Waals surface area (Å²) < 4.78 is 5.06. The van der Waals surface area contributed by atoms with Gasteiger partial charge in [0.25, 0.3) is 0 Å². The van der Waals surface area contributed by atoms with Gasteiger partial charge < -0.3 is 14.4 Å². The van der Waals surface area contributed by atoms with Gasteiger partial charge in [-0.25, -0.2) is 0 Å². The van der Waals surface area contributed by atoms with Crippen molar-refractivity contribution in [3.8, 4) is 5.88 Å². The maximum Gasteiger partial charge on any atom is 0.233 e. The molecule has 0 unspecified atom stereocenters. The molecule has 1 aliphatic rings. The number of piperazine rings is 1. The zero-order chi connectivity index (χ0) is 10.7. The molecule has 0 amide bonds. The Morgan fingerprint density at radius 2 is 2.00 bits per heavy atom. The van der Waals surface area contributed by atoms with Crippen molar-refractivity contribution in [3.05, 3.63) is 12.4 Å². The Kier molecular flexibility index (Phi) is 3.06. The minimum absolute atomic E-state index is 0.575. The van der Waals surface area contributed by atoms with Crippen LogP contribution in [0.1, 0.15) is 0 Å². The highest BCUT2D eigenvalue weighted by Crippen LogP contribution is 2.14. The molecule has 5 nitrogen and oxygen atoms in total. The van der Waals surface area contributed by atoms with Gasteiger partial charge in [0.05, 0.1) is 19.5 Å². The molecule has 0 aliphatic carbocycles. The van der Waals surface area contributed by atoms with E-state index in [1.165, 1.54) is 0 Å². The fourth-order valence-corrected chi connectivity index (χ4v) is 1.62. The minimum atomic E-state index is 0.575. The average Bonchev–Trinajstić information content (AvgIpc) is 2.30. The van der Waals surface area contributed by atoms with Gasteiger partial charge >= 0.3 is 0 Å². The Morgan fingerprint density at radius 1 is 1.27 bits per heavy atom. The van der Waals surface area contributed by atoms with Crippen LogP contribution in [0.3, 0.4) is 0 Å². The van der Waals surface area contributed by atoms with Crippen molar-refractivity contribution in [3.63, 3.8) is 0 Å². The quantitative estimate of drug-likeness (QED) is 0.590. The third-order valence-electron chi connectivity index (χ3n) is 2.64. The lowest BCUT2D eigenvalue weighted by Gasteiger charge is -2.33. The first-order valence-corrected chi connectivity index (χ1v) is 5.09. The molecule has 1 aliphatic heterocycles. The predicted octanol–water partition coefficient (Wildman–Crippen LogP) is -0.845. The summed E-state index contributed by atoms with van der Waals surface area (Å²) in [5.41, 5.74) is 0. The van der Waals surface area contributed by atoms with Crippen LogP contribution < -0.4 is 9.64 Å². The highest BCUT2D eigenvalue weighted by atomic mass is 16.5. The second-order valence-corrected chi connectivity index (χ2v) is 3.71. The Hall–Kier alpha value is -1.30. The van der Waals surface area contributed by atoms with Crippen molar-refractivity contribution in [1.82, 2.24) is 14.8 Å². The summed E-state index contributed by atoms with van der Waals surface area (Å²) in [5, 5.41) is 0. The average molecular weight is 206 g/mol. The molecule has 2 heterocycles. The summed E-state index contributed by atoms with van der Waals surface area (Å²) in [6.45, 7) is 4.13. The molecular weight excluding hydrogens is 191 g/mol. The summed E-state index contributed by atoms with van der Waals surface area (Å²) in [4.78, 5) is 13.0. The number of methoxy groups -OCH3 is 1. The molecule has 80 valence electrons. The highest BCUT2D eigenvalue weighted by molar-refractivity contribution is 6.04. The van der Waals surface area contributed by atoms with Crippen LogP contribution >= 0.6 is 0 Å². The Labute approximate surface area is 90.5 Å². The van der Waals surface area contributed by atoms with E-state index in [9.17, 15) is 0 Å². The molecule has 1 saturated heterocycles. The maximum absolute atomic E-state index is 5.06. The number of hydrogen-bond acceptors (Lipinski definition) is 5. The number of nitrogens with zero attached hydrogens (tertiary/aromatic N) is 4. The summed E-state index contributed by atoms with van der Waals surface area (Å²) in [7, 11) is 3.74. The molecule has 0 bridgehead atoms. The summed E-state index contributed by atoms with van der Waals surface area (Å²) in [5.74, 6) is 1.48. The fourth-order valence-electron chi connectivity index (χ4n) is 1.62. The number of rotatable bonds is 2. The molecule has 0 N–H and O–H groups in total. The standard InChI is InChI=1S/C9H15BN4O/c1-15-9-7-11-6-8(12-9)13-2-4-14(10)5-3-13/h6-7H,2-5,10H2,1H3. The topological polar surface area (TPSA) is 41.5 Å². The van der Waals surface area contributed by atoms with Gasteiger partial charge in [-0.15, -0.1) is 0 Å². The number of aromatic nitrogens is 2. The van der Waals surface area contributed by atoms with E-state index in [-0.39, 0.29) is 0 Å². The maximum atomic E-state index is 5.06. The zero-order valence-corrected chi connectivity index (χ0v) is 9.18. The van der Waals surface area contributed by atoms with Crippen LogP contribution in [-0.2, 0) is 0 Å². The third-order valence-corrected chi connectivity index (χ3v) is 2.64. The molecule has 6 heteroatoms. The molecule has 0 atom stereocenters. The van der Waals surface area contributed by atoms with Crippen LogP contribution in [0.4, 0.5) is 5.82 Å². The molecule has 1 fully saturated rings. The Morgan fingerprint density at radius 3 is 2.67 bits per heavy atom. The van der Waals surface area contributed by atoms with E-state index in [0.29, 0.717) is 5.88 Å². The molecule has 0 saturated carbocycles. The van der Waals surface area contributed by atoms with Gasteiger partial charge in [-0.3, -0.25) is 4.98 Å². The molecule has 0 aromatic carbocycles. The van der Waals surface area contributed by atoms with Crippen LogP contribution in [-0.4, -0.2) is 56.0 Å². The molecule has 2 rings (SSSR count). The van der Waals surface area contributed by atoms with E-state index in [2.05, 4.69) is 27.7 Å². The van der Waals surface area contributed by atoms with Crippen molar-refractivity contribution < 1.29 is 4.74 Å². The van der Waals surface area contributed by atoms with Crippen LogP contribution in [0.15, 0.2) is 12.4 Å². The van der Waals surface area contributed by atoms with Crippen LogP contribution in [0.2, 0.25) is 0 Å². The third kappa shape index (κ3) is 2.39. The summed E-state index contributed by atoms with van der Waals surface area (Å²) >= 11 is 0. The van der Waals surface area contributed by atoms with E-state index < -0.39 is 0 Å². The molecular formula is C9H15BN4O. The summed E-state index contributed by atoms with van der Waals surface area (Å²) in [6, 6.07) is 0. The van der Waals surface area contributed by atoms with Crippen LogP contribution in [0.5, 0.6) is 5.88 Å². The van der Waals surface area contributed by atoms with Crippen LogP contribution in [0.25, 0.3) is 0 Å². The molecule has 1 aromatic heterocycles. The monoisotopic (exact) mass is 206 g/mol. The first-order chi connectivity index (χ1) is 7.29. The largest absolute Gasteiger partial charge is 0.480 e. The normalized spacial score (nSPS) is 17.8. The number of ether oxygens (including phenoxy) is 1. The van der Waals surface area contributed by atoms with Gasteiger partial charge in [0.2, 0.25) is 5.88 Å². The van der Waals surface area contributed by atoms with E-state index in [1.807, 2.05) is 0 Å². The number of hydrogen-bond donors (Lipinski definition) is 0. The number of anilines is 1. The van der Waals surface area contributed by atoms with Gasteiger partial charge in [-0.1, -0.05) is 0 Å². The zero-order valence-electron chi connectivity index (χ0n) is 9.18. The van der Waals surface area contributed by atoms with E-state index >= 15 is 0 Å². The van der Waals surface area contributed by atoms with E-state index in [1.54, 1.807) is 19.5 Å². The van der Waals surface area contributed by atoms with Crippen molar-refractivity contribution in [2.75, 3.05) is 38.2 Å². The first kappa shape index (κ1) is 10.2. The van der Waals surface area contributed by atoms with Gasteiger partial charge in [0, 0.05) is 26.2 Å². The summed E-state index contributed by atoms with van der Waals surface area (Å²) in [6.07, 6.45) is 3.41. The van der Waals surface area contributed by atoms with Gasteiger partial charge in [0.1, 0.15) is 0 Å². The predicted molar refractivity (Wildman–Crippen MR) is 60.9 cm³/mol. The van der Waals surface area contributed by atoms with E-state index in [0.717, 1.165) is 32.0 Å². The fraction of sp³-hybridized carbons (Fsp3) is 0.556. The Bertz CT molecular complexity index is 328. The lowest BCUT2D eigenvalue weighted by molar-refractivity contribution is 0.390. The second-order valence-electron chi connectivity index (χ2n) is 3.71. The van der Waals surface area contributed by atoms with E-state index in [4.69, 9.17) is 4.74 Å². The Balaban J connectivity index is 2.08. The highest BCUT2D eigenvalue weighted by Gasteiger charge is 2.15. The molecule has 1 aromatic rings. The molecule has 0 radical (unpaired) electrons. The minimum Gasteiger partial charge on any atom is -0.480 e. The van der Waals surface area contributed by atoms with Gasteiger partial charge in [-0.05, 0) is 0 Å². The van der Waals surface area contributed by atoms with Crippen molar-refractivity contribution in [2.45, 2.75) is 0 Å². The lowest BCUT2D eigenvalue weighted by Crippen LogP contribution is -2.45. The molecule has 0 spiro atoms. The van der Waals surface area contributed by atoms with Crippen molar-refractivity contribution >= 4 is 13.8 Å². The SMILES string of the molecule is BN1CCN(c2cncc(OC)n2)CC1. The smallest absolute Gasteiger partial charge is 0.233 e.